The van der Waals surface area contributed by atoms with Gasteiger partial charge in [-0.2, -0.15) is 12.1 Å². The van der Waals surface area contributed by atoms with E-state index in [1.807, 2.05) is 0 Å². The van der Waals surface area contributed by atoms with Gasteiger partial charge in [-0.05, 0) is 13.8 Å². The van der Waals surface area contributed by atoms with Gasteiger partial charge in [0, 0.05) is 0 Å². The fourth-order valence-corrected chi connectivity index (χ4v) is 3.47. The molecule has 0 atom stereocenters. The molecule has 4 rings (SSSR count). The molecule has 0 aliphatic heterocycles. The van der Waals surface area contributed by atoms with Gasteiger partial charge in [-0.15, -0.1) is 68.1 Å². The molecule has 144 valence electrons. The zero-order valence-electron chi connectivity index (χ0n) is 18.6. The van der Waals surface area contributed by atoms with Crippen molar-refractivity contribution in [2.24, 2.45) is 0 Å². The largest absolute Gasteiger partial charge is 0.165 e. The van der Waals surface area contributed by atoms with Crippen molar-refractivity contribution < 1.29 is 23.3 Å². The van der Waals surface area contributed by atoms with E-state index in [1.54, 1.807) is 23.3 Å². The molecule has 0 saturated heterocycles. The maximum Gasteiger partial charge on any atom is -0.0488 e. The zero-order valence-corrected chi connectivity index (χ0v) is 22.1. The van der Waals surface area contributed by atoms with Crippen LogP contribution in [0.25, 0.3) is 21.5 Å². The Morgan fingerprint density at radius 1 is 0.607 bits per heavy atom. The Morgan fingerprint density at radius 2 is 0.893 bits per heavy atom. The molecular weight excluding hydrogens is 432 g/mol. The number of fused-ring (bicyclic) bond motifs is 2. The molecule has 4 aromatic carbocycles. The monoisotopic (exact) mass is 462 g/mol. The predicted molar refractivity (Wildman–Crippen MR) is 125 cm³/mol. The van der Waals surface area contributed by atoms with Crippen molar-refractivity contribution in [2.45, 2.75) is 54.6 Å². The molecular formula is C26H32SiZr. The first-order valence-electron chi connectivity index (χ1n) is 9.88. The normalized spacial score (nSPS) is 10.4. The first-order valence-corrected chi connectivity index (χ1v) is 16.1. The molecule has 0 bridgehead atoms. The smallest absolute Gasteiger partial charge is 0.0488 e. The van der Waals surface area contributed by atoms with Crippen LogP contribution in [-0.4, -0.2) is 5.43 Å². The van der Waals surface area contributed by atoms with E-state index < -0.39 is 0 Å². The Bertz CT molecular complexity index is 943. The molecule has 0 spiro atoms. The average molecular weight is 464 g/mol. The minimum atomic E-state index is 0.210. The van der Waals surface area contributed by atoms with Gasteiger partial charge in [-0.3, -0.25) is 0 Å². The van der Waals surface area contributed by atoms with Crippen LogP contribution < -0.4 is 0 Å². The topological polar surface area (TPSA) is 0 Å². The Balaban J connectivity index is 0.000000169. The predicted octanol–water partition coefficient (Wildman–Crippen LogP) is 7.75. The summed E-state index contributed by atoms with van der Waals surface area (Å²) >= 11 is 1.74. The number of aryl methyl sites for hydroxylation is 6. The summed E-state index contributed by atoms with van der Waals surface area (Å²) in [7, 11) is 0. The molecule has 0 nitrogen and oxygen atoms in total. The van der Waals surface area contributed by atoms with Crippen molar-refractivity contribution in [1.29, 1.82) is 0 Å². The fourth-order valence-electron chi connectivity index (χ4n) is 3.47. The SMILES string of the molecule is C[Si](C)=[Zr+2].Cc1cc2c(C)ccc(C)c2[cH-]1.Cc1cc2c(C)ccc(C)c2[cH-]1. The van der Waals surface area contributed by atoms with Gasteiger partial charge in [0.2, 0.25) is 0 Å². The van der Waals surface area contributed by atoms with E-state index >= 15 is 0 Å². The first kappa shape index (κ1) is 23.0. The van der Waals surface area contributed by atoms with E-state index in [9.17, 15) is 0 Å². The number of benzene rings is 2. The molecule has 28 heavy (non-hydrogen) atoms. The van der Waals surface area contributed by atoms with Gasteiger partial charge in [0.25, 0.3) is 0 Å². The van der Waals surface area contributed by atoms with Gasteiger partial charge in [-0.25, -0.2) is 0 Å². The zero-order chi connectivity index (χ0) is 21.0. The molecule has 0 unspecified atom stereocenters. The quantitative estimate of drug-likeness (QED) is 0.185. The number of hydrogen-bond donors (Lipinski definition) is 0. The summed E-state index contributed by atoms with van der Waals surface area (Å²) in [5.41, 5.74) is 8.45. The van der Waals surface area contributed by atoms with Gasteiger partial charge in [0.1, 0.15) is 0 Å². The molecule has 0 aliphatic rings. The van der Waals surface area contributed by atoms with Crippen molar-refractivity contribution in [1.82, 2.24) is 0 Å². The van der Waals surface area contributed by atoms with Crippen LogP contribution in [0.1, 0.15) is 33.4 Å². The molecule has 0 saturated carbocycles. The summed E-state index contributed by atoms with van der Waals surface area (Å²) < 4.78 is 0. The summed E-state index contributed by atoms with van der Waals surface area (Å²) in [6.07, 6.45) is 0. The van der Waals surface area contributed by atoms with Gasteiger partial charge in [0.15, 0.2) is 0 Å². The van der Waals surface area contributed by atoms with Gasteiger partial charge in [-0.1, -0.05) is 51.0 Å². The van der Waals surface area contributed by atoms with Crippen LogP contribution in [0.15, 0.2) is 48.5 Å². The Labute approximate surface area is 186 Å². The average Bonchev–Trinajstić information content (AvgIpc) is 3.19. The Hall–Kier alpha value is -1.24. The van der Waals surface area contributed by atoms with E-state index in [2.05, 4.69) is 103 Å². The maximum atomic E-state index is 2.31. The Morgan fingerprint density at radius 3 is 1.18 bits per heavy atom. The molecule has 0 heterocycles. The van der Waals surface area contributed by atoms with Crippen LogP contribution in [0.4, 0.5) is 0 Å². The van der Waals surface area contributed by atoms with Gasteiger partial charge in [0.05, 0.1) is 0 Å². The van der Waals surface area contributed by atoms with Gasteiger partial charge >= 0.3 is 41.9 Å². The molecule has 0 N–H and O–H groups in total. The summed E-state index contributed by atoms with van der Waals surface area (Å²) in [6, 6.07) is 17.8. The van der Waals surface area contributed by atoms with E-state index in [1.165, 1.54) is 54.9 Å². The van der Waals surface area contributed by atoms with Crippen molar-refractivity contribution in [3.05, 3.63) is 81.9 Å². The van der Waals surface area contributed by atoms with Crippen LogP contribution in [0.2, 0.25) is 13.1 Å². The molecule has 0 fully saturated rings. The molecule has 0 aliphatic carbocycles. The van der Waals surface area contributed by atoms with Crippen LogP contribution >= 0.6 is 0 Å². The third kappa shape index (κ3) is 5.88. The van der Waals surface area contributed by atoms with Crippen molar-refractivity contribution in [3.63, 3.8) is 0 Å². The second-order valence-corrected chi connectivity index (χ2v) is 17.5. The third-order valence-corrected chi connectivity index (χ3v) is 4.93. The van der Waals surface area contributed by atoms with Crippen molar-refractivity contribution >= 4 is 27.0 Å². The standard InChI is InChI=1S/2C12H13.C2H6Si.Zr/c2*1-8-6-11-9(2)4-5-10(3)12(11)7-8;1-3-2;/h2*4-7H,1-3H3;1-2H3;/q2*-1;;+2. The molecule has 0 amide bonds. The van der Waals surface area contributed by atoms with E-state index in [-0.39, 0.29) is 5.43 Å². The van der Waals surface area contributed by atoms with Gasteiger partial charge < -0.3 is 0 Å². The number of hydrogen-bond acceptors (Lipinski definition) is 0. The second-order valence-electron chi connectivity index (χ2n) is 8.12. The second kappa shape index (κ2) is 9.99. The summed E-state index contributed by atoms with van der Waals surface area (Å²) in [4.78, 5) is 0. The molecule has 4 aromatic rings. The summed E-state index contributed by atoms with van der Waals surface area (Å²) in [6.45, 7) is 17.6. The summed E-state index contributed by atoms with van der Waals surface area (Å²) in [5.74, 6) is 0. The molecule has 0 radical (unpaired) electrons. The van der Waals surface area contributed by atoms with Crippen LogP contribution in [0.3, 0.4) is 0 Å². The molecule has 2 heteroatoms. The van der Waals surface area contributed by atoms with Crippen LogP contribution in [0, 0.1) is 41.5 Å². The Kier molecular flexibility index (Phi) is 8.22. The molecule has 0 aromatic heterocycles. The maximum absolute atomic E-state index is 2.31. The van der Waals surface area contributed by atoms with Crippen LogP contribution in [-0.2, 0) is 23.3 Å². The van der Waals surface area contributed by atoms with Crippen LogP contribution in [0.5, 0.6) is 0 Å². The van der Waals surface area contributed by atoms with E-state index in [0.717, 1.165) is 0 Å². The fraction of sp³-hybridized carbons (Fsp3) is 0.308. The van der Waals surface area contributed by atoms with E-state index in [0.29, 0.717) is 0 Å². The summed E-state index contributed by atoms with van der Waals surface area (Å²) in [5, 5.41) is 5.64. The third-order valence-electron chi connectivity index (χ3n) is 4.93. The number of rotatable bonds is 0. The van der Waals surface area contributed by atoms with Crippen molar-refractivity contribution in [3.8, 4) is 0 Å². The van der Waals surface area contributed by atoms with E-state index in [4.69, 9.17) is 0 Å². The first-order chi connectivity index (χ1) is 13.1. The minimum absolute atomic E-state index is 0.210. The minimum Gasteiger partial charge on any atom is -0.165 e. The van der Waals surface area contributed by atoms with Crippen molar-refractivity contribution in [2.75, 3.05) is 0 Å².